The van der Waals surface area contributed by atoms with Gasteiger partial charge in [-0.3, -0.25) is 0 Å². The minimum absolute atomic E-state index is 0.714. The van der Waals surface area contributed by atoms with E-state index < -0.39 is 0 Å². The third-order valence-electron chi connectivity index (χ3n) is 7.76. The molecule has 2 aliphatic rings. The van der Waals surface area contributed by atoms with Crippen molar-refractivity contribution in [2.75, 3.05) is 0 Å². The molecule has 7 rings (SSSR count). The molecule has 0 spiro atoms. The second kappa shape index (κ2) is 6.56. The van der Waals surface area contributed by atoms with Gasteiger partial charge in [-0.2, -0.15) is 0 Å². The number of fused-ring (bicyclic) bond motifs is 5. The summed E-state index contributed by atoms with van der Waals surface area (Å²) in [6.45, 7) is 2.23. The summed E-state index contributed by atoms with van der Waals surface area (Å²) in [5.41, 5.74) is 5.24. The van der Waals surface area contributed by atoms with Gasteiger partial charge in [-0.15, -0.1) is 0 Å². The van der Waals surface area contributed by atoms with Crippen molar-refractivity contribution in [3.8, 4) is 22.8 Å². The smallest absolute Gasteiger partial charge is 0.228 e. The van der Waals surface area contributed by atoms with Crippen molar-refractivity contribution in [2.45, 2.75) is 38.5 Å². The first-order valence-electron chi connectivity index (χ1n) is 11.8. The van der Waals surface area contributed by atoms with Gasteiger partial charge in [0.25, 0.3) is 0 Å². The number of rotatable bonds is 1. The van der Waals surface area contributed by atoms with Crippen LogP contribution in [0, 0.1) is 6.92 Å². The van der Waals surface area contributed by atoms with E-state index >= 15 is 0 Å². The summed E-state index contributed by atoms with van der Waals surface area (Å²) in [5.74, 6) is 2.68. The highest BCUT2D eigenvalue weighted by Crippen LogP contribution is 2.51. The van der Waals surface area contributed by atoms with E-state index in [-0.39, 0.29) is 0 Å². The third kappa shape index (κ3) is 2.44. The van der Waals surface area contributed by atoms with Gasteiger partial charge < -0.3 is 4.74 Å². The lowest BCUT2D eigenvalue weighted by Crippen LogP contribution is -2.31. The molecule has 1 aliphatic carbocycles. The summed E-state index contributed by atoms with van der Waals surface area (Å²) in [6, 6.07) is 22.5. The van der Waals surface area contributed by atoms with Gasteiger partial charge in [-0.05, 0) is 70.5 Å². The Labute approximate surface area is 188 Å². The fourth-order valence-electron chi connectivity index (χ4n) is 6.13. The summed E-state index contributed by atoms with van der Waals surface area (Å²) in [6.07, 6.45) is 7.56. The molecule has 0 unspecified atom stereocenters. The van der Waals surface area contributed by atoms with Crippen molar-refractivity contribution in [3.05, 3.63) is 78.0 Å². The second-order valence-corrected chi connectivity index (χ2v) is 9.61. The zero-order valence-electron chi connectivity index (χ0n) is 18.6. The van der Waals surface area contributed by atoms with E-state index in [0.717, 1.165) is 11.5 Å². The molecule has 1 aliphatic heterocycles. The van der Waals surface area contributed by atoms with Gasteiger partial charge in [0.2, 0.25) is 5.69 Å². The van der Waals surface area contributed by atoms with E-state index in [9.17, 15) is 0 Å². The van der Waals surface area contributed by atoms with Crippen LogP contribution in [0.25, 0.3) is 43.6 Å². The minimum Gasteiger partial charge on any atom is -0.455 e. The van der Waals surface area contributed by atoms with Gasteiger partial charge in [0.15, 0.2) is 6.20 Å². The number of aryl methyl sites for hydroxylation is 2. The van der Waals surface area contributed by atoms with Crippen LogP contribution in [-0.4, -0.2) is 0 Å². The van der Waals surface area contributed by atoms with Crippen LogP contribution in [0.2, 0.25) is 0 Å². The Morgan fingerprint density at radius 3 is 2.56 bits per heavy atom. The molecule has 0 atom stereocenters. The molecule has 2 heterocycles. The number of hydrogen-bond acceptors (Lipinski definition) is 1. The van der Waals surface area contributed by atoms with Gasteiger partial charge in [0.1, 0.15) is 18.5 Å². The SMILES string of the molecule is Cc1c2c(cc3ccccc13)Oc1c3ccc(C4CCCC4)cc3cc3cc[n+](C)c-2c13. The van der Waals surface area contributed by atoms with Gasteiger partial charge >= 0.3 is 0 Å². The number of pyridine rings is 1. The zero-order valence-corrected chi connectivity index (χ0v) is 18.6. The molecule has 0 radical (unpaired) electrons. The molecule has 1 aromatic heterocycles. The molecule has 156 valence electrons. The summed E-state index contributed by atoms with van der Waals surface area (Å²) in [7, 11) is 2.15. The average Bonchev–Trinajstić information content (AvgIpc) is 3.35. The van der Waals surface area contributed by atoms with E-state index in [1.165, 1.54) is 80.4 Å². The molecule has 2 heteroatoms. The van der Waals surface area contributed by atoms with Crippen LogP contribution in [0.3, 0.4) is 0 Å². The molecule has 0 saturated heterocycles. The third-order valence-corrected chi connectivity index (χ3v) is 7.76. The Bertz CT molecular complexity index is 1570. The maximum atomic E-state index is 6.76. The minimum atomic E-state index is 0.714. The predicted molar refractivity (Wildman–Crippen MR) is 132 cm³/mol. The van der Waals surface area contributed by atoms with Crippen molar-refractivity contribution in [2.24, 2.45) is 7.05 Å². The highest BCUT2D eigenvalue weighted by molar-refractivity contribution is 6.13. The quantitative estimate of drug-likeness (QED) is 0.198. The van der Waals surface area contributed by atoms with E-state index in [2.05, 4.69) is 85.4 Å². The maximum Gasteiger partial charge on any atom is 0.228 e. The Hall–Kier alpha value is -3.39. The summed E-state index contributed by atoms with van der Waals surface area (Å²) in [5, 5.41) is 7.49. The van der Waals surface area contributed by atoms with Crippen LogP contribution in [0.4, 0.5) is 0 Å². The van der Waals surface area contributed by atoms with Crippen molar-refractivity contribution in [3.63, 3.8) is 0 Å². The summed E-state index contributed by atoms with van der Waals surface area (Å²) >= 11 is 0. The summed E-state index contributed by atoms with van der Waals surface area (Å²) < 4.78 is 9.02. The average molecular weight is 417 g/mol. The standard InChI is InChI=1S/C30H26NO/c1-18-24-10-6-5-9-21(24)17-26-27(18)29-28-22(13-14-31(29)2)16-23-15-20(19-7-3-4-8-19)11-12-25(23)30(28)32-26/h5-6,9-17,19H,3-4,7-8H2,1-2H3/q+1. The Morgan fingerprint density at radius 1 is 0.844 bits per heavy atom. The first kappa shape index (κ1) is 18.2. The van der Waals surface area contributed by atoms with Gasteiger partial charge in [-0.1, -0.05) is 55.3 Å². The maximum absolute atomic E-state index is 6.76. The lowest BCUT2D eigenvalue weighted by atomic mass is 9.89. The van der Waals surface area contributed by atoms with E-state index in [1.807, 2.05) is 0 Å². The molecule has 32 heavy (non-hydrogen) atoms. The Balaban J connectivity index is 1.57. The predicted octanol–water partition coefficient (Wildman–Crippen LogP) is 7.71. The largest absolute Gasteiger partial charge is 0.455 e. The van der Waals surface area contributed by atoms with Crippen LogP contribution < -0.4 is 9.30 Å². The number of ether oxygens (including phenoxy) is 1. The highest BCUT2D eigenvalue weighted by atomic mass is 16.5. The van der Waals surface area contributed by atoms with Crippen LogP contribution in [0.15, 0.2) is 66.9 Å². The topological polar surface area (TPSA) is 13.1 Å². The molecule has 0 amide bonds. The lowest BCUT2D eigenvalue weighted by Gasteiger charge is -2.23. The molecule has 1 saturated carbocycles. The van der Waals surface area contributed by atoms with E-state index in [4.69, 9.17) is 4.74 Å². The zero-order chi connectivity index (χ0) is 21.4. The Kier molecular flexibility index (Phi) is 3.73. The number of benzene rings is 4. The number of aromatic nitrogens is 1. The highest BCUT2D eigenvalue weighted by Gasteiger charge is 2.31. The molecule has 1 fully saturated rings. The normalized spacial score (nSPS) is 15.4. The first-order chi connectivity index (χ1) is 15.7. The van der Waals surface area contributed by atoms with Crippen LogP contribution in [0.5, 0.6) is 11.5 Å². The van der Waals surface area contributed by atoms with E-state index in [0.29, 0.717) is 5.92 Å². The second-order valence-electron chi connectivity index (χ2n) is 9.61. The van der Waals surface area contributed by atoms with E-state index in [1.54, 1.807) is 0 Å². The van der Waals surface area contributed by atoms with Gasteiger partial charge in [0, 0.05) is 11.5 Å². The fourth-order valence-corrected chi connectivity index (χ4v) is 6.13. The summed E-state index contributed by atoms with van der Waals surface area (Å²) in [4.78, 5) is 0. The van der Waals surface area contributed by atoms with Gasteiger partial charge in [-0.25, -0.2) is 4.57 Å². The number of nitrogens with zero attached hydrogens (tertiary/aromatic N) is 1. The van der Waals surface area contributed by atoms with Crippen molar-refractivity contribution in [1.82, 2.24) is 0 Å². The van der Waals surface area contributed by atoms with Crippen molar-refractivity contribution >= 4 is 32.3 Å². The molecule has 0 bridgehead atoms. The first-order valence-corrected chi connectivity index (χ1v) is 11.8. The fraction of sp³-hybridized carbons (Fsp3) is 0.233. The monoisotopic (exact) mass is 416 g/mol. The Morgan fingerprint density at radius 2 is 1.69 bits per heavy atom. The molecule has 4 aromatic carbocycles. The molecule has 5 aromatic rings. The number of hydrogen-bond donors (Lipinski definition) is 0. The van der Waals surface area contributed by atoms with Crippen molar-refractivity contribution in [1.29, 1.82) is 0 Å². The molecular weight excluding hydrogens is 390 g/mol. The van der Waals surface area contributed by atoms with Crippen molar-refractivity contribution < 1.29 is 9.30 Å². The van der Waals surface area contributed by atoms with Crippen LogP contribution in [-0.2, 0) is 7.05 Å². The molecule has 2 nitrogen and oxygen atoms in total. The molecular formula is C30H26NO+. The molecule has 0 N–H and O–H groups in total. The van der Waals surface area contributed by atoms with Gasteiger partial charge in [0.05, 0.1) is 10.9 Å². The van der Waals surface area contributed by atoms with Crippen LogP contribution in [0.1, 0.15) is 42.7 Å². The van der Waals surface area contributed by atoms with Crippen LogP contribution >= 0.6 is 0 Å². The lowest BCUT2D eigenvalue weighted by molar-refractivity contribution is -0.659.